The smallest absolute Gasteiger partial charge is 0.230 e. The Hall–Kier alpha value is -2.35. The number of amides is 1. The van der Waals surface area contributed by atoms with Crippen LogP contribution in [0.4, 0.5) is 16.0 Å². The molecule has 0 aliphatic heterocycles. The molecule has 0 saturated carbocycles. The fraction of sp³-hybridized carbons (Fsp3) is 0.312. The molecule has 1 aromatic heterocycles. The topological polar surface area (TPSA) is 107 Å². The maximum atomic E-state index is 13.1. The summed E-state index contributed by atoms with van der Waals surface area (Å²) < 4.78 is 13.1. The normalized spacial score (nSPS) is 12.2. The van der Waals surface area contributed by atoms with E-state index in [1.165, 1.54) is 18.2 Å². The van der Waals surface area contributed by atoms with Gasteiger partial charge in [-0.25, -0.2) is 14.4 Å². The van der Waals surface area contributed by atoms with Gasteiger partial charge in [-0.3, -0.25) is 4.79 Å². The van der Waals surface area contributed by atoms with E-state index >= 15 is 0 Å². The number of nitrogens with one attached hydrogen (secondary N) is 1. The number of halogens is 1. The highest BCUT2D eigenvalue weighted by atomic mass is 32.2. The van der Waals surface area contributed by atoms with Gasteiger partial charge in [-0.05, 0) is 23.6 Å². The van der Waals surface area contributed by atoms with Gasteiger partial charge in [-0.15, -0.1) is 0 Å². The number of nitrogens with two attached hydrogens (primary N) is 2. The number of aromatic nitrogens is 2. The van der Waals surface area contributed by atoms with Crippen LogP contribution in [0.2, 0.25) is 0 Å². The number of benzene rings is 1. The Balaban J connectivity index is 1.99. The van der Waals surface area contributed by atoms with Crippen molar-refractivity contribution in [1.82, 2.24) is 15.3 Å². The van der Waals surface area contributed by atoms with Gasteiger partial charge in [0.25, 0.3) is 0 Å². The molecule has 1 heterocycles. The predicted molar refractivity (Wildman–Crippen MR) is 93.7 cm³/mol. The number of carbonyl (C=O) groups excluding carboxylic acids is 1. The average molecular weight is 349 g/mol. The van der Waals surface area contributed by atoms with Crippen LogP contribution in [0.1, 0.15) is 25.5 Å². The monoisotopic (exact) mass is 349 g/mol. The summed E-state index contributed by atoms with van der Waals surface area (Å²) in [5.74, 6) is 0.331. The van der Waals surface area contributed by atoms with E-state index in [0.29, 0.717) is 5.16 Å². The molecule has 0 aliphatic carbocycles. The number of nitrogens with zero attached hydrogens (tertiary/aromatic N) is 2. The molecule has 1 atom stereocenters. The highest BCUT2D eigenvalue weighted by molar-refractivity contribution is 7.99. The highest BCUT2D eigenvalue weighted by Crippen LogP contribution is 2.23. The standard InChI is InChI=1S/C16H20FN5OS/c1-9(2)15(10-3-5-11(17)6-4-10)22-14(23)8-24-16-20-12(18)7-13(19)21-16/h3-7,9,15H,8H2,1-2H3,(H,22,23)(H4,18,19,20,21). The van der Waals surface area contributed by atoms with Crippen molar-refractivity contribution in [2.75, 3.05) is 17.2 Å². The summed E-state index contributed by atoms with van der Waals surface area (Å²) in [7, 11) is 0. The minimum absolute atomic E-state index is 0.132. The quantitative estimate of drug-likeness (QED) is 0.546. The summed E-state index contributed by atoms with van der Waals surface area (Å²) in [5.41, 5.74) is 12.1. The van der Waals surface area contributed by atoms with Gasteiger partial charge in [0.15, 0.2) is 5.16 Å². The van der Waals surface area contributed by atoms with E-state index in [0.717, 1.165) is 17.3 Å². The van der Waals surface area contributed by atoms with Crippen LogP contribution in [0.5, 0.6) is 0 Å². The molecule has 2 aromatic rings. The first-order valence-electron chi connectivity index (χ1n) is 7.43. The van der Waals surface area contributed by atoms with Crippen LogP contribution < -0.4 is 16.8 Å². The number of rotatable bonds is 6. The van der Waals surface area contributed by atoms with Crippen molar-refractivity contribution in [3.05, 3.63) is 41.7 Å². The van der Waals surface area contributed by atoms with Gasteiger partial charge in [0, 0.05) is 6.07 Å². The molecule has 6 nitrogen and oxygen atoms in total. The number of nitrogen functional groups attached to an aromatic ring is 2. The zero-order valence-electron chi connectivity index (χ0n) is 13.5. The van der Waals surface area contributed by atoms with Crippen molar-refractivity contribution >= 4 is 29.3 Å². The lowest BCUT2D eigenvalue weighted by atomic mass is 9.96. The lowest BCUT2D eigenvalue weighted by molar-refractivity contribution is -0.119. The molecule has 8 heteroatoms. The Bertz CT molecular complexity index is 688. The van der Waals surface area contributed by atoms with Gasteiger partial charge >= 0.3 is 0 Å². The molecule has 0 fully saturated rings. The van der Waals surface area contributed by atoms with Gasteiger partial charge in [0.1, 0.15) is 17.5 Å². The van der Waals surface area contributed by atoms with Crippen molar-refractivity contribution in [1.29, 1.82) is 0 Å². The molecule has 128 valence electrons. The molecule has 1 amide bonds. The summed E-state index contributed by atoms with van der Waals surface area (Å²) in [6.07, 6.45) is 0. The fourth-order valence-corrected chi connectivity index (χ4v) is 2.86. The van der Waals surface area contributed by atoms with E-state index < -0.39 is 0 Å². The maximum absolute atomic E-state index is 13.1. The number of carbonyl (C=O) groups is 1. The van der Waals surface area contributed by atoms with E-state index in [4.69, 9.17) is 11.5 Å². The second-order valence-electron chi connectivity index (χ2n) is 5.63. The van der Waals surface area contributed by atoms with Gasteiger partial charge in [0.2, 0.25) is 5.91 Å². The van der Waals surface area contributed by atoms with Crippen molar-refractivity contribution in [2.45, 2.75) is 25.0 Å². The van der Waals surface area contributed by atoms with Crippen LogP contribution in [-0.4, -0.2) is 21.6 Å². The Kier molecular flexibility index (Phi) is 5.97. The zero-order chi connectivity index (χ0) is 17.7. The second kappa shape index (κ2) is 7.96. The van der Waals surface area contributed by atoms with Gasteiger partial charge in [0.05, 0.1) is 11.8 Å². The molecule has 0 aliphatic rings. The minimum atomic E-state index is -0.306. The highest BCUT2D eigenvalue weighted by Gasteiger charge is 2.18. The number of hydrogen-bond acceptors (Lipinski definition) is 6. The van der Waals surface area contributed by atoms with Crippen molar-refractivity contribution in [3.63, 3.8) is 0 Å². The molecule has 0 radical (unpaired) electrons. The number of anilines is 2. The maximum Gasteiger partial charge on any atom is 0.230 e. The summed E-state index contributed by atoms with van der Waals surface area (Å²) in [6, 6.07) is 7.37. The molecule has 0 spiro atoms. The van der Waals surface area contributed by atoms with Gasteiger partial charge in [-0.2, -0.15) is 0 Å². The van der Waals surface area contributed by atoms with Crippen molar-refractivity contribution in [2.24, 2.45) is 5.92 Å². The zero-order valence-corrected chi connectivity index (χ0v) is 14.3. The van der Waals surface area contributed by atoms with E-state index in [-0.39, 0.29) is 41.1 Å². The molecule has 5 N–H and O–H groups in total. The Morgan fingerprint density at radius 1 is 1.21 bits per heavy atom. The van der Waals surface area contributed by atoms with Crippen LogP contribution in [-0.2, 0) is 4.79 Å². The van der Waals surface area contributed by atoms with E-state index in [9.17, 15) is 9.18 Å². The second-order valence-corrected chi connectivity index (χ2v) is 6.57. The van der Waals surface area contributed by atoms with Gasteiger partial charge in [-0.1, -0.05) is 37.7 Å². The van der Waals surface area contributed by atoms with Crippen LogP contribution in [0.25, 0.3) is 0 Å². The van der Waals surface area contributed by atoms with Crippen LogP contribution >= 0.6 is 11.8 Å². The minimum Gasteiger partial charge on any atom is -0.383 e. The summed E-state index contributed by atoms with van der Waals surface area (Å²) in [5, 5.41) is 3.30. The third-order valence-corrected chi connectivity index (χ3v) is 4.14. The third kappa shape index (κ3) is 5.09. The molecule has 1 aromatic carbocycles. The summed E-state index contributed by atoms with van der Waals surface area (Å²) in [6.45, 7) is 3.98. The van der Waals surface area contributed by atoms with Gasteiger partial charge < -0.3 is 16.8 Å². The average Bonchev–Trinajstić information content (AvgIpc) is 2.50. The molecular formula is C16H20FN5OS. The molecule has 1 unspecified atom stereocenters. The first-order chi connectivity index (χ1) is 11.3. The molecular weight excluding hydrogens is 329 g/mol. The largest absolute Gasteiger partial charge is 0.383 e. The lowest BCUT2D eigenvalue weighted by Crippen LogP contribution is -2.33. The first kappa shape index (κ1) is 18.0. The number of hydrogen-bond donors (Lipinski definition) is 3. The van der Waals surface area contributed by atoms with Crippen molar-refractivity contribution < 1.29 is 9.18 Å². The molecule has 0 bridgehead atoms. The SMILES string of the molecule is CC(C)C(NC(=O)CSc1nc(N)cc(N)n1)c1ccc(F)cc1. The summed E-state index contributed by atoms with van der Waals surface area (Å²) in [4.78, 5) is 20.2. The van der Waals surface area contributed by atoms with E-state index in [2.05, 4.69) is 15.3 Å². The molecule has 0 saturated heterocycles. The van der Waals surface area contributed by atoms with E-state index in [1.807, 2.05) is 13.8 Å². The Labute approximate surface area is 144 Å². The van der Waals surface area contributed by atoms with Crippen LogP contribution in [0.15, 0.2) is 35.5 Å². The van der Waals surface area contributed by atoms with Crippen molar-refractivity contribution in [3.8, 4) is 0 Å². The Morgan fingerprint density at radius 2 is 1.79 bits per heavy atom. The lowest BCUT2D eigenvalue weighted by Gasteiger charge is -2.23. The molecule has 2 rings (SSSR count). The van der Waals surface area contributed by atoms with Crippen LogP contribution in [0.3, 0.4) is 0 Å². The van der Waals surface area contributed by atoms with Crippen LogP contribution in [0, 0.1) is 11.7 Å². The fourth-order valence-electron chi connectivity index (χ4n) is 2.18. The first-order valence-corrected chi connectivity index (χ1v) is 8.41. The number of thioether (sulfide) groups is 1. The third-order valence-electron chi connectivity index (χ3n) is 3.29. The summed E-state index contributed by atoms with van der Waals surface area (Å²) >= 11 is 1.15. The van der Waals surface area contributed by atoms with E-state index in [1.54, 1.807) is 12.1 Å². The molecule has 24 heavy (non-hydrogen) atoms. The predicted octanol–water partition coefficient (Wildman–Crippen LogP) is 2.39. The Morgan fingerprint density at radius 3 is 2.33 bits per heavy atom.